The van der Waals surface area contributed by atoms with Gasteiger partial charge in [0.25, 0.3) is 0 Å². The fourth-order valence-electron chi connectivity index (χ4n) is 2.47. The predicted molar refractivity (Wildman–Crippen MR) is 74.8 cm³/mol. The molecule has 2 heterocycles. The summed E-state index contributed by atoms with van der Waals surface area (Å²) in [5.41, 5.74) is 1.06. The molecule has 18 heavy (non-hydrogen) atoms. The van der Waals surface area contributed by atoms with Crippen molar-refractivity contribution in [2.45, 2.75) is 32.2 Å². The smallest absolute Gasteiger partial charge is 0.150 e. The highest BCUT2D eigenvalue weighted by molar-refractivity contribution is 7.91. The van der Waals surface area contributed by atoms with Crippen molar-refractivity contribution in [1.29, 1.82) is 0 Å². The number of thiazole rings is 1. The molecule has 0 amide bonds. The summed E-state index contributed by atoms with van der Waals surface area (Å²) in [6.45, 7) is 2.00. The third kappa shape index (κ3) is 3.76. The van der Waals surface area contributed by atoms with Crippen LogP contribution in [-0.2, 0) is 16.3 Å². The molecule has 102 valence electrons. The molecule has 1 saturated heterocycles. The molecule has 0 radical (unpaired) electrons. The van der Waals surface area contributed by atoms with Gasteiger partial charge in [-0.3, -0.25) is 0 Å². The molecule has 2 atom stereocenters. The zero-order valence-electron chi connectivity index (χ0n) is 10.8. The van der Waals surface area contributed by atoms with Gasteiger partial charge in [0.1, 0.15) is 0 Å². The van der Waals surface area contributed by atoms with E-state index in [4.69, 9.17) is 0 Å². The first-order valence-corrected chi connectivity index (χ1v) is 8.97. The van der Waals surface area contributed by atoms with Crippen LogP contribution in [0.5, 0.6) is 0 Å². The normalized spacial score (nSPS) is 24.2. The largest absolute Gasteiger partial charge is 0.317 e. The van der Waals surface area contributed by atoms with Gasteiger partial charge >= 0.3 is 0 Å². The number of hydrogen-bond donors (Lipinski definition) is 1. The molecule has 1 aliphatic rings. The minimum Gasteiger partial charge on any atom is -0.317 e. The highest BCUT2D eigenvalue weighted by atomic mass is 32.2. The molecule has 4 nitrogen and oxygen atoms in total. The van der Waals surface area contributed by atoms with Gasteiger partial charge < -0.3 is 5.32 Å². The van der Waals surface area contributed by atoms with Crippen LogP contribution in [0.25, 0.3) is 0 Å². The molecule has 0 spiro atoms. The van der Waals surface area contributed by atoms with E-state index in [-0.39, 0.29) is 0 Å². The van der Waals surface area contributed by atoms with Gasteiger partial charge in [-0.1, -0.05) is 0 Å². The summed E-state index contributed by atoms with van der Waals surface area (Å²) >= 11 is 1.68. The third-order valence-electron chi connectivity index (χ3n) is 3.44. The van der Waals surface area contributed by atoms with Gasteiger partial charge in [0.2, 0.25) is 0 Å². The lowest BCUT2D eigenvalue weighted by molar-refractivity contribution is 0.423. The first-order valence-electron chi connectivity index (χ1n) is 6.27. The van der Waals surface area contributed by atoms with Crippen LogP contribution in [0.1, 0.15) is 23.5 Å². The van der Waals surface area contributed by atoms with Crippen molar-refractivity contribution in [2.24, 2.45) is 5.92 Å². The molecule has 1 fully saturated rings. The molecule has 6 heteroatoms. The van der Waals surface area contributed by atoms with Crippen molar-refractivity contribution in [3.63, 3.8) is 0 Å². The molecule has 0 bridgehead atoms. The van der Waals surface area contributed by atoms with Crippen LogP contribution in [0.15, 0.2) is 5.38 Å². The van der Waals surface area contributed by atoms with Crippen molar-refractivity contribution >= 4 is 21.2 Å². The molecular weight excluding hydrogens is 268 g/mol. The third-order valence-corrected chi connectivity index (χ3v) is 6.27. The SMILES string of the molecule is CNC(Cc1nc(C)cs1)CC1CCS(=O)(=O)C1. The molecule has 2 unspecified atom stereocenters. The molecule has 1 aliphatic heterocycles. The Balaban J connectivity index is 1.90. The molecule has 0 aromatic carbocycles. The van der Waals surface area contributed by atoms with Crippen molar-refractivity contribution < 1.29 is 8.42 Å². The zero-order valence-corrected chi connectivity index (χ0v) is 12.5. The predicted octanol–water partition coefficient (Wildman–Crippen LogP) is 1.41. The quantitative estimate of drug-likeness (QED) is 0.890. The minimum atomic E-state index is -2.76. The number of hydrogen-bond acceptors (Lipinski definition) is 5. The van der Waals surface area contributed by atoms with E-state index in [1.807, 2.05) is 14.0 Å². The van der Waals surface area contributed by atoms with E-state index >= 15 is 0 Å². The maximum absolute atomic E-state index is 11.4. The Morgan fingerprint density at radius 3 is 2.89 bits per heavy atom. The lowest BCUT2D eigenvalue weighted by Crippen LogP contribution is -2.30. The second kappa shape index (κ2) is 5.67. The highest BCUT2D eigenvalue weighted by Crippen LogP contribution is 2.24. The summed E-state index contributed by atoms with van der Waals surface area (Å²) in [7, 11) is -0.820. The minimum absolute atomic E-state index is 0.313. The van der Waals surface area contributed by atoms with Gasteiger partial charge in [-0.05, 0) is 32.7 Å². The number of sulfone groups is 1. The van der Waals surface area contributed by atoms with Crippen LogP contribution >= 0.6 is 11.3 Å². The van der Waals surface area contributed by atoms with Crippen molar-refractivity contribution in [3.8, 4) is 0 Å². The molecule has 1 aromatic heterocycles. The number of aromatic nitrogens is 1. The first-order chi connectivity index (χ1) is 8.48. The number of nitrogens with one attached hydrogen (secondary N) is 1. The highest BCUT2D eigenvalue weighted by Gasteiger charge is 2.29. The number of rotatable bonds is 5. The summed E-state index contributed by atoms with van der Waals surface area (Å²) in [6, 6.07) is 0.328. The van der Waals surface area contributed by atoms with Crippen molar-refractivity contribution in [3.05, 3.63) is 16.1 Å². The summed E-state index contributed by atoms with van der Waals surface area (Å²) < 4.78 is 22.9. The Bertz CT molecular complexity index is 496. The van der Waals surface area contributed by atoms with Gasteiger partial charge in [0.05, 0.1) is 16.5 Å². The standard InChI is InChI=1S/C12H20N2O2S2/c1-9-7-17-12(14-9)6-11(13-2)5-10-3-4-18(15,16)8-10/h7,10-11,13H,3-6,8H2,1-2H3. The topological polar surface area (TPSA) is 59.1 Å². The average Bonchev–Trinajstić information content (AvgIpc) is 2.84. The van der Waals surface area contributed by atoms with Crippen molar-refractivity contribution in [1.82, 2.24) is 10.3 Å². The van der Waals surface area contributed by atoms with Gasteiger partial charge in [0.15, 0.2) is 9.84 Å². The van der Waals surface area contributed by atoms with Gasteiger partial charge in [-0.15, -0.1) is 11.3 Å². The number of nitrogens with zero attached hydrogens (tertiary/aromatic N) is 1. The molecule has 0 aliphatic carbocycles. The van der Waals surface area contributed by atoms with Gasteiger partial charge in [-0.25, -0.2) is 13.4 Å². The van der Waals surface area contributed by atoms with E-state index < -0.39 is 9.84 Å². The van der Waals surface area contributed by atoms with Crippen molar-refractivity contribution in [2.75, 3.05) is 18.6 Å². The fraction of sp³-hybridized carbons (Fsp3) is 0.750. The Hall–Kier alpha value is -0.460. The second-order valence-corrected chi connectivity index (χ2v) is 8.25. The summed E-state index contributed by atoms with van der Waals surface area (Å²) in [6.07, 6.45) is 2.64. The van der Waals surface area contributed by atoms with E-state index in [1.165, 1.54) is 0 Å². The first kappa shape index (κ1) is 14.0. The van der Waals surface area contributed by atoms with Crippen LogP contribution in [-0.4, -0.2) is 38.0 Å². The van der Waals surface area contributed by atoms with E-state index in [2.05, 4.69) is 15.7 Å². The molecule has 2 rings (SSSR count). The lowest BCUT2D eigenvalue weighted by atomic mass is 9.97. The van der Waals surface area contributed by atoms with E-state index in [9.17, 15) is 8.42 Å². The Morgan fingerprint density at radius 2 is 2.39 bits per heavy atom. The summed E-state index contributed by atoms with van der Waals surface area (Å²) in [4.78, 5) is 4.46. The van der Waals surface area contributed by atoms with Gasteiger partial charge in [0, 0.05) is 23.5 Å². The van der Waals surface area contributed by atoms with E-state index in [0.717, 1.165) is 30.0 Å². The number of likely N-dealkylation sites (N-methyl/N-ethyl adjacent to an activating group) is 1. The number of aryl methyl sites for hydroxylation is 1. The zero-order chi connectivity index (χ0) is 13.2. The molecular formula is C12H20N2O2S2. The maximum atomic E-state index is 11.4. The van der Waals surface area contributed by atoms with Crippen LogP contribution in [0.2, 0.25) is 0 Å². The second-order valence-electron chi connectivity index (χ2n) is 5.08. The molecule has 0 saturated carbocycles. The Kier molecular flexibility index (Phi) is 4.40. The summed E-state index contributed by atoms with van der Waals surface area (Å²) in [5, 5.41) is 6.48. The Labute approximate surface area is 113 Å². The van der Waals surface area contributed by atoms with Crippen LogP contribution in [0.4, 0.5) is 0 Å². The van der Waals surface area contributed by atoms with E-state index in [0.29, 0.717) is 23.5 Å². The van der Waals surface area contributed by atoms with Crippen LogP contribution in [0, 0.1) is 12.8 Å². The summed E-state index contributed by atoms with van der Waals surface area (Å²) in [5.74, 6) is 1.04. The van der Waals surface area contributed by atoms with Gasteiger partial charge in [-0.2, -0.15) is 0 Å². The maximum Gasteiger partial charge on any atom is 0.150 e. The molecule has 1 aromatic rings. The Morgan fingerprint density at radius 1 is 1.61 bits per heavy atom. The van der Waals surface area contributed by atoms with E-state index in [1.54, 1.807) is 11.3 Å². The van der Waals surface area contributed by atoms with Crippen LogP contribution < -0.4 is 5.32 Å². The molecule has 1 N–H and O–H groups in total. The fourth-order valence-corrected chi connectivity index (χ4v) is 5.20. The monoisotopic (exact) mass is 288 g/mol. The lowest BCUT2D eigenvalue weighted by Gasteiger charge is -2.18. The van der Waals surface area contributed by atoms with Crippen LogP contribution in [0.3, 0.4) is 0 Å². The average molecular weight is 288 g/mol.